The van der Waals surface area contributed by atoms with Gasteiger partial charge in [-0.2, -0.15) is 0 Å². The highest BCUT2D eigenvalue weighted by Gasteiger charge is 2.12. The van der Waals surface area contributed by atoms with Crippen LogP contribution in [0.5, 0.6) is 0 Å². The third kappa shape index (κ3) is 5.37. The minimum atomic E-state index is -0.345. The van der Waals surface area contributed by atoms with Crippen molar-refractivity contribution in [3.63, 3.8) is 0 Å². The summed E-state index contributed by atoms with van der Waals surface area (Å²) in [5.74, 6) is 5.73. The molecule has 0 fully saturated rings. The van der Waals surface area contributed by atoms with Crippen LogP contribution in [0.4, 0.5) is 0 Å². The summed E-state index contributed by atoms with van der Waals surface area (Å²) in [5.41, 5.74) is 2.27. The Morgan fingerprint density at radius 2 is 1.74 bits per heavy atom. The lowest BCUT2D eigenvalue weighted by atomic mass is 10.1. The van der Waals surface area contributed by atoms with Gasteiger partial charge in [-0.3, -0.25) is 0 Å². The summed E-state index contributed by atoms with van der Waals surface area (Å²) in [5, 5.41) is 3.06. The van der Waals surface area contributed by atoms with Gasteiger partial charge in [-0.25, -0.2) is 4.79 Å². The molecular formula is C20H19NO2. The number of carbonyl (C=O) groups is 1. The maximum absolute atomic E-state index is 12.1. The standard InChI is InChI=1S/C20H19NO2/c1-2-23-20(22)19(18-13-7-4-8-14-18)16-21-15-9-12-17-10-5-3-6-11-17/h3-8,10-11,13-14,16,21H,2,15H2,1H3/b19-16-. The molecule has 23 heavy (non-hydrogen) atoms. The molecule has 0 amide bonds. The molecule has 2 rings (SSSR count). The summed E-state index contributed by atoms with van der Waals surface area (Å²) in [4.78, 5) is 12.1. The Kier molecular flexibility index (Phi) is 6.49. The zero-order chi connectivity index (χ0) is 16.3. The zero-order valence-corrected chi connectivity index (χ0v) is 13.1. The molecule has 2 aromatic rings. The molecule has 0 saturated carbocycles. The second-order valence-corrected chi connectivity index (χ2v) is 4.69. The summed E-state index contributed by atoms with van der Waals surface area (Å²) >= 11 is 0. The van der Waals surface area contributed by atoms with Crippen LogP contribution in [-0.4, -0.2) is 19.1 Å². The van der Waals surface area contributed by atoms with Crippen molar-refractivity contribution >= 4 is 11.5 Å². The first-order chi connectivity index (χ1) is 11.3. The van der Waals surface area contributed by atoms with Crippen LogP contribution in [0.15, 0.2) is 66.9 Å². The molecule has 0 heterocycles. The van der Waals surface area contributed by atoms with E-state index in [0.717, 1.165) is 11.1 Å². The summed E-state index contributed by atoms with van der Waals surface area (Å²) in [7, 11) is 0. The first-order valence-corrected chi connectivity index (χ1v) is 7.51. The number of benzene rings is 2. The van der Waals surface area contributed by atoms with E-state index in [1.807, 2.05) is 60.7 Å². The fourth-order valence-electron chi connectivity index (χ4n) is 1.96. The molecular weight excluding hydrogens is 286 g/mol. The summed E-state index contributed by atoms with van der Waals surface area (Å²) < 4.78 is 5.10. The van der Waals surface area contributed by atoms with E-state index in [4.69, 9.17) is 4.74 Å². The van der Waals surface area contributed by atoms with E-state index in [9.17, 15) is 4.79 Å². The average Bonchev–Trinajstić information content (AvgIpc) is 2.60. The van der Waals surface area contributed by atoms with Gasteiger partial charge in [0, 0.05) is 11.8 Å². The molecule has 3 heteroatoms. The quantitative estimate of drug-likeness (QED) is 0.399. The fraction of sp³-hybridized carbons (Fsp3) is 0.150. The van der Waals surface area contributed by atoms with Crippen LogP contribution in [-0.2, 0) is 9.53 Å². The molecule has 0 atom stereocenters. The Bertz CT molecular complexity index is 710. The van der Waals surface area contributed by atoms with Crippen molar-refractivity contribution in [2.75, 3.05) is 13.2 Å². The van der Waals surface area contributed by atoms with Crippen LogP contribution in [0, 0.1) is 11.8 Å². The lowest BCUT2D eigenvalue weighted by molar-refractivity contribution is -0.136. The smallest absolute Gasteiger partial charge is 0.340 e. The molecule has 0 aliphatic rings. The second kappa shape index (κ2) is 9.11. The number of hydrogen-bond acceptors (Lipinski definition) is 3. The van der Waals surface area contributed by atoms with E-state index in [1.165, 1.54) is 0 Å². The van der Waals surface area contributed by atoms with Gasteiger partial charge in [0.25, 0.3) is 0 Å². The van der Waals surface area contributed by atoms with Crippen LogP contribution in [0.2, 0.25) is 0 Å². The van der Waals surface area contributed by atoms with E-state index in [1.54, 1.807) is 13.1 Å². The Labute approximate surface area is 137 Å². The van der Waals surface area contributed by atoms with Gasteiger partial charge in [0.2, 0.25) is 0 Å². The van der Waals surface area contributed by atoms with Crippen molar-refractivity contribution in [3.05, 3.63) is 78.0 Å². The number of rotatable bonds is 5. The molecule has 0 unspecified atom stereocenters. The monoisotopic (exact) mass is 305 g/mol. The first kappa shape index (κ1) is 16.4. The third-order valence-corrected chi connectivity index (χ3v) is 3.02. The Morgan fingerprint density at radius 3 is 2.39 bits per heavy atom. The van der Waals surface area contributed by atoms with Crippen LogP contribution < -0.4 is 5.32 Å². The maximum Gasteiger partial charge on any atom is 0.340 e. The third-order valence-electron chi connectivity index (χ3n) is 3.02. The van der Waals surface area contributed by atoms with Crippen molar-refractivity contribution < 1.29 is 9.53 Å². The van der Waals surface area contributed by atoms with Crippen LogP contribution in [0.25, 0.3) is 5.57 Å². The van der Waals surface area contributed by atoms with Gasteiger partial charge in [-0.05, 0) is 24.6 Å². The van der Waals surface area contributed by atoms with Gasteiger partial charge in [-0.15, -0.1) is 0 Å². The van der Waals surface area contributed by atoms with Gasteiger partial charge in [0.05, 0.1) is 18.7 Å². The zero-order valence-electron chi connectivity index (χ0n) is 13.1. The minimum absolute atomic E-state index is 0.344. The maximum atomic E-state index is 12.1. The van der Waals surface area contributed by atoms with E-state index in [-0.39, 0.29) is 5.97 Å². The predicted octanol–water partition coefficient (Wildman–Crippen LogP) is 3.23. The van der Waals surface area contributed by atoms with Gasteiger partial charge in [-0.1, -0.05) is 60.4 Å². The van der Waals surface area contributed by atoms with Gasteiger partial charge in [0.1, 0.15) is 0 Å². The molecule has 0 aliphatic carbocycles. The number of esters is 1. The topological polar surface area (TPSA) is 38.3 Å². The average molecular weight is 305 g/mol. The van der Waals surface area contributed by atoms with Crippen molar-refractivity contribution in [2.24, 2.45) is 0 Å². The predicted molar refractivity (Wildman–Crippen MR) is 92.4 cm³/mol. The first-order valence-electron chi connectivity index (χ1n) is 7.51. The summed E-state index contributed by atoms with van der Waals surface area (Å²) in [6, 6.07) is 19.2. The number of ether oxygens (including phenoxy) is 1. The van der Waals surface area contributed by atoms with E-state index in [2.05, 4.69) is 17.2 Å². The van der Waals surface area contributed by atoms with Crippen LogP contribution in [0.3, 0.4) is 0 Å². The Balaban J connectivity index is 2.03. The van der Waals surface area contributed by atoms with Crippen LogP contribution >= 0.6 is 0 Å². The minimum Gasteiger partial charge on any atom is -0.462 e. The lowest BCUT2D eigenvalue weighted by Crippen LogP contribution is -2.12. The number of hydrogen-bond donors (Lipinski definition) is 1. The molecule has 0 bridgehead atoms. The van der Waals surface area contributed by atoms with Gasteiger partial charge >= 0.3 is 5.97 Å². The molecule has 0 aromatic heterocycles. The van der Waals surface area contributed by atoms with E-state index < -0.39 is 0 Å². The Hall–Kier alpha value is -2.99. The van der Waals surface area contributed by atoms with E-state index >= 15 is 0 Å². The highest BCUT2D eigenvalue weighted by Crippen LogP contribution is 2.14. The SMILES string of the molecule is CCOC(=O)/C(=C\NCC#Cc1ccccc1)c1ccccc1. The molecule has 0 spiro atoms. The van der Waals surface area contributed by atoms with Gasteiger partial charge < -0.3 is 10.1 Å². The molecule has 1 N–H and O–H groups in total. The number of nitrogens with one attached hydrogen (secondary N) is 1. The number of carbonyl (C=O) groups excluding carboxylic acids is 1. The van der Waals surface area contributed by atoms with Crippen LogP contribution in [0.1, 0.15) is 18.1 Å². The molecule has 2 aromatic carbocycles. The summed E-state index contributed by atoms with van der Waals surface area (Å²) in [6.45, 7) is 2.58. The Morgan fingerprint density at radius 1 is 1.09 bits per heavy atom. The molecule has 0 radical (unpaired) electrons. The van der Waals surface area contributed by atoms with Crippen molar-refractivity contribution in [2.45, 2.75) is 6.92 Å². The summed E-state index contributed by atoms with van der Waals surface area (Å²) in [6.07, 6.45) is 1.66. The van der Waals surface area contributed by atoms with Crippen molar-refractivity contribution in [3.8, 4) is 11.8 Å². The molecule has 0 aliphatic heterocycles. The second-order valence-electron chi connectivity index (χ2n) is 4.69. The van der Waals surface area contributed by atoms with Crippen molar-refractivity contribution in [1.29, 1.82) is 0 Å². The fourth-order valence-corrected chi connectivity index (χ4v) is 1.96. The molecule has 0 saturated heterocycles. The molecule has 116 valence electrons. The highest BCUT2D eigenvalue weighted by atomic mass is 16.5. The normalized spacial score (nSPS) is 10.4. The van der Waals surface area contributed by atoms with Crippen molar-refractivity contribution in [1.82, 2.24) is 5.32 Å². The molecule has 3 nitrogen and oxygen atoms in total. The highest BCUT2D eigenvalue weighted by molar-refractivity contribution is 6.16. The van der Waals surface area contributed by atoms with E-state index in [0.29, 0.717) is 18.7 Å². The van der Waals surface area contributed by atoms with Gasteiger partial charge in [0.15, 0.2) is 0 Å². The lowest BCUT2D eigenvalue weighted by Gasteiger charge is -2.07. The largest absolute Gasteiger partial charge is 0.462 e.